The van der Waals surface area contributed by atoms with Crippen LogP contribution in [0.1, 0.15) is 29.9 Å². The number of aromatic nitrogens is 4. The standard InChI is InChI=1S/C23H20BFN4O4/c1-4-32-22(31)20-21(30)19-17(28-13-14(2)12-26-28)6-5-7-18(19)29(27-20)15-8-10-16(11-9-15)33-23(3,24)25/h5-13H,4H2,1-3H3. The third-order valence-electron chi connectivity index (χ3n) is 4.72. The van der Waals surface area contributed by atoms with Gasteiger partial charge in [-0.1, -0.05) is 6.07 Å². The van der Waals surface area contributed by atoms with Gasteiger partial charge in [-0.25, -0.2) is 18.5 Å². The molecule has 0 saturated carbocycles. The van der Waals surface area contributed by atoms with Gasteiger partial charge in [0.15, 0.2) is 13.6 Å². The molecule has 2 aromatic heterocycles. The lowest BCUT2D eigenvalue weighted by Gasteiger charge is -2.18. The number of carbonyl (C=O) groups excluding carboxylic acids is 1. The fourth-order valence-corrected chi connectivity index (χ4v) is 3.41. The highest BCUT2D eigenvalue weighted by molar-refractivity contribution is 6.13. The van der Waals surface area contributed by atoms with Crippen LogP contribution in [0.5, 0.6) is 5.75 Å². The summed E-state index contributed by atoms with van der Waals surface area (Å²) in [5.41, 5.74) is 1.41. The zero-order valence-electron chi connectivity index (χ0n) is 18.3. The number of halogens is 1. The first-order valence-electron chi connectivity index (χ1n) is 10.2. The normalized spacial score (nSPS) is 13.0. The van der Waals surface area contributed by atoms with E-state index in [9.17, 15) is 14.0 Å². The molecule has 4 aromatic rings. The molecule has 2 heterocycles. The predicted molar refractivity (Wildman–Crippen MR) is 121 cm³/mol. The third kappa shape index (κ3) is 4.50. The summed E-state index contributed by atoms with van der Waals surface area (Å²) in [6, 6.07) is 11.4. The first-order chi connectivity index (χ1) is 15.7. The van der Waals surface area contributed by atoms with E-state index in [1.165, 1.54) is 16.8 Å². The van der Waals surface area contributed by atoms with Crippen LogP contribution in [-0.2, 0) is 4.74 Å². The predicted octanol–water partition coefficient (Wildman–Crippen LogP) is 3.25. The van der Waals surface area contributed by atoms with Gasteiger partial charge in [0.25, 0.3) is 0 Å². The van der Waals surface area contributed by atoms with Crippen LogP contribution in [0.4, 0.5) is 4.39 Å². The molecular formula is C23H20BFN4O4. The highest BCUT2D eigenvalue weighted by Gasteiger charge is 2.22. The molecule has 0 fully saturated rings. The maximum Gasteiger partial charge on any atom is 0.362 e. The Labute approximate surface area is 190 Å². The van der Waals surface area contributed by atoms with Gasteiger partial charge in [-0.15, -0.1) is 0 Å². The molecule has 0 N–H and O–H groups in total. The summed E-state index contributed by atoms with van der Waals surface area (Å²) in [4.78, 5) is 25.9. The van der Waals surface area contributed by atoms with E-state index < -0.39 is 17.2 Å². The van der Waals surface area contributed by atoms with Gasteiger partial charge in [-0.05, 0) is 62.7 Å². The Morgan fingerprint density at radius 2 is 1.94 bits per heavy atom. The van der Waals surface area contributed by atoms with Crippen molar-refractivity contribution in [3.63, 3.8) is 0 Å². The molecule has 0 amide bonds. The average molecular weight is 446 g/mol. The molecule has 0 aliphatic heterocycles. The van der Waals surface area contributed by atoms with Crippen molar-refractivity contribution in [1.82, 2.24) is 19.6 Å². The fourth-order valence-electron chi connectivity index (χ4n) is 3.41. The van der Waals surface area contributed by atoms with E-state index in [0.29, 0.717) is 16.9 Å². The van der Waals surface area contributed by atoms with Gasteiger partial charge in [0.1, 0.15) is 5.75 Å². The second-order valence-electron chi connectivity index (χ2n) is 7.53. The van der Waals surface area contributed by atoms with E-state index >= 15 is 0 Å². The molecule has 10 heteroatoms. The lowest BCUT2D eigenvalue weighted by molar-refractivity contribution is 0.0390. The van der Waals surface area contributed by atoms with Crippen LogP contribution in [0.25, 0.3) is 22.3 Å². The van der Waals surface area contributed by atoms with Crippen molar-refractivity contribution in [2.45, 2.75) is 26.5 Å². The minimum Gasteiger partial charge on any atom is -0.468 e. The molecule has 4 rings (SSSR count). The quantitative estimate of drug-likeness (QED) is 0.334. The average Bonchev–Trinajstić information content (AvgIpc) is 3.19. The van der Waals surface area contributed by atoms with Gasteiger partial charge in [0.2, 0.25) is 11.1 Å². The summed E-state index contributed by atoms with van der Waals surface area (Å²) in [5.74, 6) is -2.96. The first-order valence-corrected chi connectivity index (χ1v) is 10.2. The Hall–Kier alpha value is -3.95. The third-order valence-corrected chi connectivity index (χ3v) is 4.72. The van der Waals surface area contributed by atoms with E-state index in [1.54, 1.807) is 54.3 Å². The number of nitrogens with zero attached hydrogens (tertiary/aromatic N) is 4. The summed E-state index contributed by atoms with van der Waals surface area (Å²) in [5, 5.41) is 8.85. The van der Waals surface area contributed by atoms with Crippen molar-refractivity contribution in [3.05, 3.63) is 76.3 Å². The summed E-state index contributed by atoms with van der Waals surface area (Å²) in [7, 11) is 5.26. The second kappa shape index (κ2) is 8.53. The zero-order valence-corrected chi connectivity index (χ0v) is 18.3. The SMILES string of the molecule is [B]C(C)(F)Oc1ccc(-n2nc(C(=O)OCC)c(=O)c3c(-n4cc(C)cn4)cccc32)cc1. The molecule has 1 atom stereocenters. The molecule has 1 unspecified atom stereocenters. The number of esters is 1. The van der Waals surface area contributed by atoms with E-state index in [2.05, 4.69) is 10.2 Å². The maximum absolute atomic E-state index is 13.6. The van der Waals surface area contributed by atoms with Crippen LogP contribution >= 0.6 is 0 Å². The van der Waals surface area contributed by atoms with Crippen LogP contribution in [0, 0.1) is 6.92 Å². The first kappa shape index (κ1) is 22.3. The molecular weight excluding hydrogens is 426 g/mol. The minimum absolute atomic E-state index is 0.0884. The molecule has 2 aromatic carbocycles. The van der Waals surface area contributed by atoms with E-state index in [0.717, 1.165) is 12.5 Å². The van der Waals surface area contributed by atoms with Crippen molar-refractivity contribution in [1.29, 1.82) is 0 Å². The summed E-state index contributed by atoms with van der Waals surface area (Å²) >= 11 is 0. The molecule has 0 aliphatic carbocycles. The molecule has 0 bridgehead atoms. The minimum atomic E-state index is -2.34. The van der Waals surface area contributed by atoms with Crippen LogP contribution in [-0.4, -0.2) is 45.7 Å². The van der Waals surface area contributed by atoms with E-state index in [1.807, 2.05) is 6.92 Å². The van der Waals surface area contributed by atoms with E-state index in [-0.39, 0.29) is 23.4 Å². The van der Waals surface area contributed by atoms with Crippen LogP contribution in [0.2, 0.25) is 0 Å². The van der Waals surface area contributed by atoms with Crippen molar-refractivity contribution in [2.75, 3.05) is 6.61 Å². The molecule has 0 saturated heterocycles. The van der Waals surface area contributed by atoms with Gasteiger partial charge in [0.05, 0.1) is 35.1 Å². The molecule has 33 heavy (non-hydrogen) atoms. The van der Waals surface area contributed by atoms with Gasteiger partial charge in [-0.3, -0.25) is 4.79 Å². The van der Waals surface area contributed by atoms with Gasteiger partial charge in [0, 0.05) is 6.20 Å². The largest absolute Gasteiger partial charge is 0.468 e. The molecule has 0 spiro atoms. The number of hydrogen-bond acceptors (Lipinski definition) is 6. The van der Waals surface area contributed by atoms with Crippen molar-refractivity contribution < 1.29 is 18.7 Å². The second-order valence-corrected chi connectivity index (χ2v) is 7.53. The Morgan fingerprint density at radius 1 is 1.21 bits per heavy atom. The maximum atomic E-state index is 13.6. The lowest BCUT2D eigenvalue weighted by Crippen LogP contribution is -2.26. The summed E-state index contributed by atoms with van der Waals surface area (Å²) in [6.45, 7) is 4.70. The van der Waals surface area contributed by atoms with Crippen molar-refractivity contribution >= 4 is 24.7 Å². The number of carbonyl (C=O) groups is 1. The van der Waals surface area contributed by atoms with Gasteiger partial charge < -0.3 is 9.47 Å². The molecule has 166 valence electrons. The number of ether oxygens (including phenoxy) is 2. The van der Waals surface area contributed by atoms with Crippen LogP contribution in [0.15, 0.2) is 59.7 Å². The van der Waals surface area contributed by atoms with Gasteiger partial charge >= 0.3 is 5.97 Å². The Morgan fingerprint density at radius 3 is 2.55 bits per heavy atom. The van der Waals surface area contributed by atoms with E-state index in [4.69, 9.17) is 17.3 Å². The number of aryl methyl sites for hydroxylation is 1. The topological polar surface area (TPSA) is 88.2 Å². The highest BCUT2D eigenvalue weighted by atomic mass is 19.2. The Bertz CT molecular complexity index is 1390. The number of fused-ring (bicyclic) bond motifs is 1. The van der Waals surface area contributed by atoms with Crippen molar-refractivity contribution in [2.24, 2.45) is 0 Å². The number of rotatable bonds is 6. The Kier molecular flexibility index (Phi) is 5.76. The summed E-state index contributed by atoms with van der Waals surface area (Å²) in [6.07, 6.45) is 3.44. The zero-order chi connectivity index (χ0) is 23.8. The fraction of sp³-hybridized carbons (Fsp3) is 0.217. The smallest absolute Gasteiger partial charge is 0.362 e. The van der Waals surface area contributed by atoms with Crippen LogP contribution in [0.3, 0.4) is 0 Å². The highest BCUT2D eigenvalue weighted by Crippen LogP contribution is 2.24. The molecule has 8 nitrogen and oxygen atoms in total. The lowest BCUT2D eigenvalue weighted by atomic mass is 9.99. The number of benzene rings is 2. The number of hydrogen-bond donors (Lipinski definition) is 0. The van der Waals surface area contributed by atoms with Crippen LogP contribution < -0.4 is 10.2 Å². The van der Waals surface area contributed by atoms with Crippen molar-refractivity contribution in [3.8, 4) is 17.1 Å². The summed E-state index contributed by atoms with van der Waals surface area (Å²) < 4.78 is 26.7. The Balaban J connectivity index is 1.97. The molecule has 0 aliphatic rings. The molecule has 2 radical (unpaired) electrons. The monoisotopic (exact) mass is 446 g/mol. The van der Waals surface area contributed by atoms with Gasteiger partial charge in [-0.2, -0.15) is 10.2 Å². The number of alkyl halides is 1.